The highest BCUT2D eigenvalue weighted by Gasteiger charge is 2.59. The molecule has 7 aliphatic rings. The van der Waals surface area contributed by atoms with Gasteiger partial charge in [0.15, 0.2) is 44.0 Å². The molecule has 0 aliphatic carbocycles. The quantitative estimate of drug-likeness (QED) is 0.0318. The van der Waals surface area contributed by atoms with E-state index < -0.39 is 322 Å². The molecule has 45 heteroatoms. The Morgan fingerprint density at radius 3 is 0.970 bits per heavy atom. The van der Waals surface area contributed by atoms with Crippen molar-refractivity contribution in [3.8, 4) is 0 Å². The first-order valence-corrected chi connectivity index (χ1v) is 32.0. The van der Waals surface area contributed by atoms with E-state index in [1.807, 2.05) is 0 Å². The number of carbonyl (C=O) groups is 4. The van der Waals surface area contributed by atoms with Crippen molar-refractivity contribution < 1.29 is 203 Å². The van der Waals surface area contributed by atoms with Gasteiger partial charge in [0.1, 0.15) is 189 Å². The van der Waals surface area contributed by atoms with Crippen molar-refractivity contribution >= 4 is 23.6 Å². The predicted molar refractivity (Wildman–Crippen MR) is 313 cm³/mol. The zero-order valence-corrected chi connectivity index (χ0v) is 54.5. The maximum atomic E-state index is 12.9. The van der Waals surface area contributed by atoms with Crippen LogP contribution < -0.4 is 21.3 Å². The minimum atomic E-state index is -2.32. The van der Waals surface area contributed by atoms with Crippen LogP contribution in [0.3, 0.4) is 0 Å². The van der Waals surface area contributed by atoms with Crippen LogP contribution in [0.4, 0.5) is 0 Å². The molecule has 0 aromatic heterocycles. The van der Waals surface area contributed by atoms with E-state index >= 15 is 0 Å². The summed E-state index contributed by atoms with van der Waals surface area (Å²) in [6.07, 6.45) is -69.6. The maximum absolute atomic E-state index is 12.9. The molecule has 27 N–H and O–H groups in total. The molecule has 0 bridgehead atoms. The van der Waals surface area contributed by atoms with E-state index in [0.717, 1.165) is 27.7 Å². The molecule has 7 heterocycles. The molecule has 0 radical (unpaired) electrons. The summed E-state index contributed by atoms with van der Waals surface area (Å²) in [5.74, 6) is -3.50. The van der Waals surface area contributed by atoms with Crippen LogP contribution in [0.1, 0.15) is 27.7 Å². The highest BCUT2D eigenvalue weighted by atomic mass is 16.8. The minimum absolute atomic E-state index is 0.811. The summed E-state index contributed by atoms with van der Waals surface area (Å²) < 4.78 is 80.9. The number of rotatable bonds is 30. The van der Waals surface area contributed by atoms with E-state index in [0.29, 0.717) is 0 Å². The van der Waals surface area contributed by atoms with Gasteiger partial charge in [-0.05, 0) is 0 Å². The van der Waals surface area contributed by atoms with E-state index in [4.69, 9.17) is 66.3 Å². The van der Waals surface area contributed by atoms with Gasteiger partial charge in [-0.1, -0.05) is 0 Å². The fourth-order valence-electron chi connectivity index (χ4n) is 12.6. The molecule has 7 rings (SSSR count). The third kappa shape index (κ3) is 19.6. The lowest BCUT2D eigenvalue weighted by Gasteiger charge is -2.51. The van der Waals surface area contributed by atoms with Gasteiger partial charge in [-0.15, -0.1) is 0 Å². The first kappa shape index (κ1) is 84.7. The summed E-state index contributed by atoms with van der Waals surface area (Å²) in [6.45, 7) is -5.46. The van der Waals surface area contributed by atoms with Crippen LogP contribution in [0.2, 0.25) is 0 Å². The van der Waals surface area contributed by atoms with Gasteiger partial charge in [-0.25, -0.2) is 0 Å². The summed E-state index contributed by atoms with van der Waals surface area (Å²) in [5.41, 5.74) is 0. The van der Waals surface area contributed by atoms with Crippen molar-refractivity contribution in [1.82, 2.24) is 21.3 Å². The van der Waals surface area contributed by atoms with Crippen molar-refractivity contribution in [2.45, 2.75) is 267 Å². The summed E-state index contributed by atoms with van der Waals surface area (Å²) >= 11 is 0. The molecule has 586 valence electrons. The fourth-order valence-corrected chi connectivity index (χ4v) is 12.6. The number of nitrogens with one attached hydrogen (secondary N) is 4. The van der Waals surface area contributed by atoms with Crippen molar-refractivity contribution in [2.75, 3.05) is 59.5 Å². The lowest BCUT2D eigenvalue weighted by Crippen LogP contribution is -2.71. The van der Waals surface area contributed by atoms with Crippen LogP contribution in [-0.2, 0) is 85.5 Å². The van der Waals surface area contributed by atoms with Crippen LogP contribution in [0, 0.1) is 0 Å². The van der Waals surface area contributed by atoms with Crippen LogP contribution in [0.5, 0.6) is 0 Å². The van der Waals surface area contributed by atoms with E-state index in [-0.39, 0.29) is 0 Å². The molecule has 0 saturated carbocycles. The Morgan fingerprint density at radius 1 is 0.337 bits per heavy atom. The highest BCUT2D eigenvalue weighted by molar-refractivity contribution is 5.74. The summed E-state index contributed by atoms with van der Waals surface area (Å²) in [4.78, 5) is 50.3. The molecule has 7 fully saturated rings. The van der Waals surface area contributed by atoms with Gasteiger partial charge in [0.2, 0.25) is 23.6 Å². The number of amides is 4. The Kier molecular flexibility index (Phi) is 31.7. The smallest absolute Gasteiger partial charge is 0.217 e. The predicted octanol–water partition coefficient (Wildman–Crippen LogP) is -18.2. The van der Waals surface area contributed by atoms with Gasteiger partial charge in [-0.2, -0.15) is 0 Å². The van der Waals surface area contributed by atoms with Gasteiger partial charge in [0, 0.05) is 27.7 Å². The number of hydrogen-bond acceptors (Lipinski definition) is 41. The standard InChI is InChI=1S/C56H96N4O41/c1-14(69)57-18(5-61)44(96-53-40(84)38(82)31(75)20(6-62)89-53)30(74)19(73)13-88-50-27(58-15(2)70)35(79)45(24(10-66)93-50)98-55-42(86)48(33(77)22(8-64)91-55)101-52-29(60-17(4)72)37(81)47(26(12-68)95-52)99-56-43(87)49(34(78)23(9-65)92-56)100-51-28(59-16(3)71)36(80)46(25(11-67)94-51)97-54-41(85)39(83)32(76)21(7-63)90-54/h18-56,61-68,73-87H,5-13H2,1-4H3,(H,57,69)(H,58,70)(H,59,71)(H,60,72)/t18-,19+,20+,21+,22+,23+,24+,25+,26+,27+,28+,29+,30-,31-,32-,33-,34-,35+,36+,37+,38-,39-,40+,41+,42+,43+,44+,45+,46+,47+,48-,49-,50+,51-,52-,53-,54-,55-,56-/m0/s1. The zero-order valence-electron chi connectivity index (χ0n) is 54.5. The molecular formula is C56H96N4O41. The molecule has 0 aromatic rings. The van der Waals surface area contributed by atoms with Crippen molar-refractivity contribution in [1.29, 1.82) is 0 Å². The molecule has 7 saturated heterocycles. The van der Waals surface area contributed by atoms with E-state index in [2.05, 4.69) is 21.3 Å². The largest absolute Gasteiger partial charge is 0.394 e. The Balaban J connectivity index is 1.06. The van der Waals surface area contributed by atoms with Crippen LogP contribution in [-0.4, -0.2) is 440 Å². The second-order valence-electron chi connectivity index (χ2n) is 25.1. The third-order valence-corrected chi connectivity index (χ3v) is 17.9. The summed E-state index contributed by atoms with van der Waals surface area (Å²) in [7, 11) is 0. The lowest BCUT2D eigenvalue weighted by atomic mass is 9.93. The van der Waals surface area contributed by atoms with Crippen LogP contribution in [0.15, 0.2) is 0 Å². The van der Waals surface area contributed by atoms with Gasteiger partial charge in [-0.3, -0.25) is 19.2 Å². The van der Waals surface area contributed by atoms with E-state index in [9.17, 15) is 137 Å². The lowest BCUT2D eigenvalue weighted by molar-refractivity contribution is -0.386. The number of carbonyl (C=O) groups excluding carboxylic acids is 4. The van der Waals surface area contributed by atoms with Gasteiger partial charge < -0.3 is 205 Å². The van der Waals surface area contributed by atoms with Crippen LogP contribution in [0.25, 0.3) is 0 Å². The SMILES string of the molecule is CC(=O)N[C@H]1[C@H](O[C@H]2[C@@H](O)[C@@H](CO)O[C@@H](O[C@H]3[C@H](O)[C@@H](NC(C)=O)[C@H](O[C@H]4[C@@H](O)[C@@H](CO)O[C@@H](O[C@H]5[C@H](O)[C@@H](NC(C)=O)[C@H](OC[C@@H](O)[C@H](O)[C@H](O[C@@H]6O[C@H](CO)[C@H](O)[C@H](O)[C@H]6O)[C@H](CO)NC(C)=O)O[C@@H]5CO)[C@@H]4O)O[C@@H]3CO)[C@@H]2O)O[C@H](CO)[C@@H](O[C@@H]2O[C@H](CO)[C@H](O)[C@H](O)[C@H]2O)[C@@H]1O. The van der Waals surface area contributed by atoms with E-state index in [1.54, 1.807) is 0 Å². The number of hydrogen-bond donors (Lipinski definition) is 27. The second kappa shape index (κ2) is 37.8. The molecule has 7 aliphatic heterocycles. The number of aliphatic hydroxyl groups is 23. The molecule has 0 aromatic carbocycles. The first-order valence-electron chi connectivity index (χ1n) is 32.0. The molecular weight excluding hydrogens is 1380 g/mol. The van der Waals surface area contributed by atoms with Crippen LogP contribution >= 0.6 is 0 Å². The first-order chi connectivity index (χ1) is 47.7. The van der Waals surface area contributed by atoms with Crippen molar-refractivity contribution in [3.63, 3.8) is 0 Å². The van der Waals surface area contributed by atoms with E-state index in [1.165, 1.54) is 0 Å². The maximum Gasteiger partial charge on any atom is 0.217 e. The molecule has 0 spiro atoms. The highest BCUT2D eigenvalue weighted by Crippen LogP contribution is 2.38. The van der Waals surface area contributed by atoms with Crippen molar-refractivity contribution in [3.05, 3.63) is 0 Å². The summed E-state index contributed by atoms with van der Waals surface area (Å²) in [6, 6.07) is -7.13. The number of ether oxygens (including phenoxy) is 14. The molecule has 45 nitrogen and oxygen atoms in total. The average molecular weight is 1480 g/mol. The Morgan fingerprint density at radius 2 is 0.634 bits per heavy atom. The average Bonchev–Trinajstić information content (AvgIpc) is 0.771. The topological polar surface area (TPSA) is 711 Å². The molecule has 39 atom stereocenters. The zero-order chi connectivity index (χ0) is 74.9. The molecule has 4 amide bonds. The molecule has 0 unspecified atom stereocenters. The number of aliphatic hydroxyl groups excluding tert-OH is 23. The Labute approximate surface area is 572 Å². The fraction of sp³-hybridized carbons (Fsp3) is 0.929. The Hall–Kier alpha value is -3.60. The normalized spacial score (nSPS) is 45.0. The minimum Gasteiger partial charge on any atom is -0.394 e. The van der Waals surface area contributed by atoms with Gasteiger partial charge in [0.05, 0.1) is 65.5 Å². The molecule has 101 heavy (non-hydrogen) atoms. The van der Waals surface area contributed by atoms with Gasteiger partial charge in [0.25, 0.3) is 0 Å². The second-order valence-corrected chi connectivity index (χ2v) is 25.1. The third-order valence-electron chi connectivity index (χ3n) is 17.9. The Bertz CT molecular complexity index is 2580. The summed E-state index contributed by atoms with van der Waals surface area (Å²) in [5, 5.41) is 260. The van der Waals surface area contributed by atoms with Crippen molar-refractivity contribution in [2.24, 2.45) is 0 Å². The monoisotopic (exact) mass is 1480 g/mol. The van der Waals surface area contributed by atoms with Gasteiger partial charge >= 0.3 is 0 Å².